The molecule has 2 atom stereocenters. The van der Waals surface area contributed by atoms with Crippen molar-refractivity contribution >= 4 is 22.8 Å². The highest BCUT2D eigenvalue weighted by atomic mass is 16.7. The van der Waals surface area contributed by atoms with Crippen LogP contribution < -0.4 is 14.8 Å². The van der Waals surface area contributed by atoms with E-state index in [-0.39, 0.29) is 31.4 Å². The van der Waals surface area contributed by atoms with Crippen molar-refractivity contribution in [2.24, 2.45) is 0 Å². The molecule has 32 heavy (non-hydrogen) atoms. The minimum Gasteiger partial charge on any atom is -0.467 e. The van der Waals surface area contributed by atoms with E-state index in [1.165, 1.54) is 19.1 Å². The van der Waals surface area contributed by atoms with Gasteiger partial charge in [-0.15, -0.1) is 0 Å². The van der Waals surface area contributed by atoms with Crippen molar-refractivity contribution in [1.82, 2.24) is 10.2 Å². The first-order chi connectivity index (χ1) is 15.4. The molecule has 3 rings (SSSR count). The van der Waals surface area contributed by atoms with Gasteiger partial charge in [-0.25, -0.2) is 4.79 Å². The molecule has 0 aromatic heterocycles. The molecular formula is C22H28N2O8. The number of hydrogen-bond donors (Lipinski definition) is 3. The monoisotopic (exact) mass is 448 g/mol. The number of carboxylic acid groups (broad SMARTS) is 1. The van der Waals surface area contributed by atoms with Crippen molar-refractivity contribution in [3.05, 3.63) is 35.9 Å². The van der Waals surface area contributed by atoms with Gasteiger partial charge in [-0.3, -0.25) is 4.79 Å². The van der Waals surface area contributed by atoms with Crippen LogP contribution in [0.3, 0.4) is 0 Å². The molecule has 0 spiro atoms. The highest BCUT2D eigenvalue weighted by Crippen LogP contribution is 2.32. The number of rotatable bonds is 8. The van der Waals surface area contributed by atoms with E-state index < -0.39 is 24.1 Å². The maximum absolute atomic E-state index is 13.2. The molecule has 1 heterocycles. The third kappa shape index (κ3) is 5.58. The van der Waals surface area contributed by atoms with E-state index in [1.807, 2.05) is 6.07 Å². The summed E-state index contributed by atoms with van der Waals surface area (Å²) in [5, 5.41) is 24.0. The van der Waals surface area contributed by atoms with E-state index in [0.717, 1.165) is 10.8 Å². The Kier molecular flexibility index (Phi) is 8.09. The van der Waals surface area contributed by atoms with Gasteiger partial charge >= 0.3 is 6.09 Å². The molecule has 0 aliphatic carbocycles. The topological polar surface area (TPSA) is 127 Å². The minimum atomic E-state index is -1.09. The number of likely N-dealkylation sites (tertiary alicyclic amines) is 1. The van der Waals surface area contributed by atoms with Gasteiger partial charge in [0.2, 0.25) is 0 Å². The summed E-state index contributed by atoms with van der Waals surface area (Å²) in [5.74, 6) is 0.343. The number of carbonyl (C=O) groups excluding carboxylic acids is 1. The molecule has 0 radical (unpaired) electrons. The second-order valence-electron chi connectivity index (χ2n) is 7.45. The van der Waals surface area contributed by atoms with Crippen LogP contribution in [0.25, 0.3) is 10.8 Å². The van der Waals surface area contributed by atoms with E-state index in [2.05, 4.69) is 5.32 Å². The molecular weight excluding hydrogens is 420 g/mol. The first kappa shape index (κ1) is 23.6. The Labute approximate surface area is 185 Å². The number of aliphatic hydroxyl groups excluding tert-OH is 1. The summed E-state index contributed by atoms with van der Waals surface area (Å²) < 4.78 is 21.2. The number of fused-ring (bicyclic) bond motifs is 1. The Balaban J connectivity index is 1.92. The van der Waals surface area contributed by atoms with E-state index >= 15 is 0 Å². The first-order valence-electron chi connectivity index (χ1n) is 10.2. The predicted octanol–water partition coefficient (Wildman–Crippen LogP) is 2.04. The summed E-state index contributed by atoms with van der Waals surface area (Å²) in [6.45, 7) is 0.293. The second-order valence-corrected chi connectivity index (χ2v) is 7.45. The van der Waals surface area contributed by atoms with Crippen LogP contribution in [0.2, 0.25) is 0 Å². The van der Waals surface area contributed by atoms with Crippen LogP contribution in [-0.2, 0) is 9.47 Å². The van der Waals surface area contributed by atoms with Crippen molar-refractivity contribution in [2.45, 2.75) is 25.0 Å². The average Bonchev–Trinajstić information content (AvgIpc) is 2.97. The van der Waals surface area contributed by atoms with E-state index in [4.69, 9.17) is 18.9 Å². The lowest BCUT2D eigenvalue weighted by atomic mass is 10.0. The highest BCUT2D eigenvalue weighted by molar-refractivity contribution is 6.03. The smallest absolute Gasteiger partial charge is 0.407 e. The van der Waals surface area contributed by atoms with Crippen LogP contribution in [0.15, 0.2) is 30.3 Å². The van der Waals surface area contributed by atoms with Gasteiger partial charge in [0.25, 0.3) is 5.91 Å². The molecule has 10 heteroatoms. The van der Waals surface area contributed by atoms with Gasteiger partial charge in [-0.2, -0.15) is 0 Å². The van der Waals surface area contributed by atoms with Gasteiger partial charge < -0.3 is 39.4 Å². The molecule has 0 saturated carbocycles. The van der Waals surface area contributed by atoms with Crippen LogP contribution in [0.4, 0.5) is 4.79 Å². The molecule has 1 fully saturated rings. The lowest BCUT2D eigenvalue weighted by Crippen LogP contribution is -2.49. The standard InChI is InChI=1S/C22H28N2O8/c1-29-12-31-19-7-3-5-14-9-16(20(10-15(14)19)32-13-30-2)21(26)23-17-11-24(22(27)28)8-4-6-18(17)25/h3,5,7,9-10,17-18,25H,4,6,8,11-13H2,1-2H3,(H,23,26)(H,27,28)/t17-,18-/m1/s1. The predicted molar refractivity (Wildman–Crippen MR) is 115 cm³/mol. The fraction of sp³-hybridized carbons (Fsp3) is 0.455. The van der Waals surface area contributed by atoms with Crippen molar-refractivity contribution in [3.8, 4) is 11.5 Å². The molecule has 1 aliphatic rings. The number of nitrogens with zero attached hydrogens (tertiary/aromatic N) is 1. The van der Waals surface area contributed by atoms with Crippen molar-refractivity contribution < 1.29 is 38.7 Å². The van der Waals surface area contributed by atoms with Crippen LogP contribution in [-0.4, -0.2) is 80.2 Å². The zero-order valence-corrected chi connectivity index (χ0v) is 18.1. The van der Waals surface area contributed by atoms with Gasteiger partial charge in [-0.05, 0) is 36.4 Å². The quantitative estimate of drug-likeness (QED) is 0.524. The number of amides is 2. The molecule has 3 N–H and O–H groups in total. The summed E-state index contributed by atoms with van der Waals surface area (Å²) in [4.78, 5) is 25.8. The molecule has 1 saturated heterocycles. The molecule has 1 aliphatic heterocycles. The zero-order valence-electron chi connectivity index (χ0n) is 18.1. The molecule has 10 nitrogen and oxygen atoms in total. The number of aliphatic hydroxyl groups is 1. The summed E-state index contributed by atoms with van der Waals surface area (Å²) in [6.07, 6.45) is -1.04. The van der Waals surface area contributed by atoms with Gasteiger partial charge in [0.05, 0.1) is 17.7 Å². The number of nitrogens with one attached hydrogen (secondary N) is 1. The number of ether oxygens (including phenoxy) is 4. The normalized spacial score (nSPS) is 18.8. The molecule has 0 bridgehead atoms. The second kappa shape index (κ2) is 11.0. The van der Waals surface area contributed by atoms with E-state index in [0.29, 0.717) is 25.1 Å². The van der Waals surface area contributed by atoms with Crippen LogP contribution >= 0.6 is 0 Å². The van der Waals surface area contributed by atoms with Crippen LogP contribution in [0.5, 0.6) is 11.5 Å². The maximum atomic E-state index is 13.2. The third-order valence-electron chi connectivity index (χ3n) is 5.25. The van der Waals surface area contributed by atoms with Crippen LogP contribution in [0, 0.1) is 0 Å². The molecule has 2 amide bonds. The average molecular weight is 448 g/mol. The van der Waals surface area contributed by atoms with Crippen molar-refractivity contribution in [3.63, 3.8) is 0 Å². The number of carbonyl (C=O) groups is 2. The Hall–Kier alpha value is -3.08. The molecule has 2 aromatic carbocycles. The third-order valence-corrected chi connectivity index (χ3v) is 5.25. The number of benzene rings is 2. The number of hydrogen-bond acceptors (Lipinski definition) is 7. The van der Waals surface area contributed by atoms with Crippen molar-refractivity contribution in [1.29, 1.82) is 0 Å². The fourth-order valence-electron chi connectivity index (χ4n) is 3.65. The Morgan fingerprint density at radius 1 is 1.12 bits per heavy atom. The Bertz CT molecular complexity index is 951. The SMILES string of the molecule is COCOc1cc2c(OCOC)cccc2cc1C(=O)N[C@@H]1CN(C(=O)O)CCC[C@H]1O. The van der Waals surface area contributed by atoms with E-state index in [9.17, 15) is 19.8 Å². The minimum absolute atomic E-state index is 0.000904. The summed E-state index contributed by atoms with van der Waals surface area (Å²) in [6, 6.07) is 8.00. The van der Waals surface area contributed by atoms with Gasteiger partial charge in [0, 0.05) is 32.7 Å². The Morgan fingerprint density at radius 2 is 1.84 bits per heavy atom. The highest BCUT2D eigenvalue weighted by Gasteiger charge is 2.30. The van der Waals surface area contributed by atoms with Gasteiger partial charge in [0.15, 0.2) is 13.6 Å². The molecule has 174 valence electrons. The summed E-state index contributed by atoms with van der Waals surface area (Å²) in [7, 11) is 2.99. The van der Waals surface area contributed by atoms with Gasteiger partial charge in [0.1, 0.15) is 11.5 Å². The zero-order chi connectivity index (χ0) is 23.1. The lowest BCUT2D eigenvalue weighted by molar-refractivity contribution is 0.0492. The largest absolute Gasteiger partial charge is 0.467 e. The molecule has 2 aromatic rings. The number of methoxy groups -OCH3 is 2. The maximum Gasteiger partial charge on any atom is 0.407 e. The van der Waals surface area contributed by atoms with Crippen LogP contribution in [0.1, 0.15) is 23.2 Å². The summed E-state index contributed by atoms with van der Waals surface area (Å²) in [5.41, 5.74) is 0.233. The molecule has 0 unspecified atom stereocenters. The first-order valence-corrected chi connectivity index (χ1v) is 10.2. The van der Waals surface area contributed by atoms with E-state index in [1.54, 1.807) is 24.3 Å². The summed E-state index contributed by atoms with van der Waals surface area (Å²) >= 11 is 0. The van der Waals surface area contributed by atoms with Crippen molar-refractivity contribution in [2.75, 3.05) is 40.9 Å². The lowest BCUT2D eigenvalue weighted by Gasteiger charge is -2.25. The Morgan fingerprint density at radius 3 is 2.53 bits per heavy atom. The van der Waals surface area contributed by atoms with Gasteiger partial charge in [-0.1, -0.05) is 12.1 Å². The fourth-order valence-corrected chi connectivity index (χ4v) is 3.65.